The molecule has 0 fully saturated rings. The molecule has 0 bridgehead atoms. The van der Waals surface area contributed by atoms with Gasteiger partial charge >= 0.3 is 11.9 Å². The van der Waals surface area contributed by atoms with E-state index in [1.54, 1.807) is 6.07 Å². The molecule has 1 heterocycles. The van der Waals surface area contributed by atoms with Crippen LogP contribution in [0, 0.1) is 11.3 Å². The van der Waals surface area contributed by atoms with Gasteiger partial charge in [0.15, 0.2) is 0 Å². The molecule has 1 aromatic carbocycles. The minimum atomic E-state index is -4.87. The predicted octanol–water partition coefficient (Wildman–Crippen LogP) is 2.73. The number of aromatic nitrogens is 2. The Morgan fingerprint density at radius 2 is 1.74 bits per heavy atom. The summed E-state index contributed by atoms with van der Waals surface area (Å²) in [6.07, 6.45) is -4.87. The fourth-order valence-corrected chi connectivity index (χ4v) is 2.42. The summed E-state index contributed by atoms with van der Waals surface area (Å²) in [6, 6.07) is 4.18. The van der Waals surface area contributed by atoms with Crippen LogP contribution in [0.25, 0.3) is 5.69 Å². The van der Waals surface area contributed by atoms with Gasteiger partial charge in [-0.2, -0.15) is 18.4 Å². The third kappa shape index (κ3) is 2.98. The zero-order valence-electron chi connectivity index (χ0n) is 11.3. The highest BCUT2D eigenvalue weighted by molar-refractivity contribution is 6.36. The fourth-order valence-electron chi connectivity index (χ4n) is 1.91. The molecule has 0 saturated carbocycles. The Morgan fingerprint density at radius 1 is 1.13 bits per heavy atom. The van der Waals surface area contributed by atoms with Crippen molar-refractivity contribution < 1.29 is 13.2 Å². The van der Waals surface area contributed by atoms with Crippen molar-refractivity contribution in [3.8, 4) is 11.8 Å². The second-order valence-electron chi connectivity index (χ2n) is 4.44. The van der Waals surface area contributed by atoms with Gasteiger partial charge in [-0.05, 0) is 12.1 Å². The molecule has 0 atom stereocenters. The van der Waals surface area contributed by atoms with E-state index in [-0.39, 0.29) is 31.9 Å². The lowest BCUT2D eigenvalue weighted by atomic mass is 10.2. The van der Waals surface area contributed by atoms with Crippen molar-refractivity contribution in [1.82, 2.24) is 9.13 Å². The van der Waals surface area contributed by atoms with Crippen LogP contribution in [0.15, 0.2) is 27.8 Å². The normalized spacial score (nSPS) is 11.3. The van der Waals surface area contributed by atoms with E-state index in [0.29, 0.717) is 4.57 Å². The van der Waals surface area contributed by atoms with Crippen LogP contribution in [-0.2, 0) is 13.2 Å². The lowest BCUT2D eigenvalue weighted by molar-refractivity contribution is -0.144. The van der Waals surface area contributed by atoms with E-state index >= 15 is 0 Å². The van der Waals surface area contributed by atoms with Crippen molar-refractivity contribution in [1.29, 1.82) is 5.26 Å². The maximum atomic E-state index is 12.8. The highest BCUT2D eigenvalue weighted by atomic mass is 35.5. The highest BCUT2D eigenvalue weighted by Gasteiger charge is 2.35. The van der Waals surface area contributed by atoms with Gasteiger partial charge in [-0.3, -0.25) is 9.36 Å². The van der Waals surface area contributed by atoms with Gasteiger partial charge in [0.2, 0.25) is 0 Å². The predicted molar refractivity (Wildman–Crippen MR) is 77.0 cm³/mol. The third-order valence-electron chi connectivity index (χ3n) is 3.01. The molecule has 23 heavy (non-hydrogen) atoms. The Morgan fingerprint density at radius 3 is 2.26 bits per heavy atom. The molecule has 0 spiro atoms. The molecule has 0 aliphatic carbocycles. The minimum Gasteiger partial charge on any atom is -0.292 e. The first-order chi connectivity index (χ1) is 10.6. The van der Waals surface area contributed by atoms with Gasteiger partial charge in [0.05, 0.1) is 21.3 Å². The SMILES string of the molecule is Cn1c(C(F)(F)F)cc(=O)n(-c2cc(C#N)c(Cl)cc2Cl)c1=O. The van der Waals surface area contributed by atoms with Gasteiger partial charge in [-0.25, -0.2) is 9.36 Å². The molecule has 0 unspecified atom stereocenters. The van der Waals surface area contributed by atoms with Crippen molar-refractivity contribution in [3.63, 3.8) is 0 Å². The van der Waals surface area contributed by atoms with E-state index in [2.05, 4.69) is 0 Å². The standard InChI is InChI=1S/C13H6Cl2F3N3O2/c1-20-10(13(16,17)18)4-11(22)21(12(20)23)9-2-6(5-19)7(14)3-8(9)15/h2-4H,1H3. The number of benzene rings is 1. The molecule has 5 nitrogen and oxygen atoms in total. The first kappa shape index (κ1) is 17.1. The summed E-state index contributed by atoms with van der Waals surface area (Å²) in [7, 11) is 0.871. The molecule has 0 amide bonds. The van der Waals surface area contributed by atoms with Crippen molar-refractivity contribution in [2.75, 3.05) is 0 Å². The third-order valence-corrected chi connectivity index (χ3v) is 3.62. The van der Waals surface area contributed by atoms with Gasteiger partial charge < -0.3 is 0 Å². The molecule has 120 valence electrons. The maximum absolute atomic E-state index is 12.8. The number of nitrogens with zero attached hydrogens (tertiary/aromatic N) is 3. The number of nitriles is 1. The van der Waals surface area contributed by atoms with Crippen LogP contribution in [-0.4, -0.2) is 9.13 Å². The van der Waals surface area contributed by atoms with Gasteiger partial charge in [-0.1, -0.05) is 23.2 Å². The second-order valence-corrected chi connectivity index (χ2v) is 5.25. The second kappa shape index (κ2) is 5.76. The number of rotatable bonds is 1. The Labute approximate surface area is 136 Å². The minimum absolute atomic E-state index is 0.0157. The quantitative estimate of drug-likeness (QED) is 0.782. The summed E-state index contributed by atoms with van der Waals surface area (Å²) in [4.78, 5) is 24.1. The Hall–Kier alpha value is -2.24. The molecule has 2 aromatic rings. The average Bonchev–Trinajstić information content (AvgIpc) is 2.44. The lowest BCUT2D eigenvalue weighted by Crippen LogP contribution is -2.40. The lowest BCUT2D eigenvalue weighted by Gasteiger charge is -2.14. The van der Waals surface area contributed by atoms with E-state index in [9.17, 15) is 22.8 Å². The van der Waals surface area contributed by atoms with Crippen LogP contribution in [0.3, 0.4) is 0 Å². The van der Waals surface area contributed by atoms with Crippen molar-refractivity contribution in [2.45, 2.75) is 6.18 Å². The van der Waals surface area contributed by atoms with Crippen LogP contribution in [0.1, 0.15) is 11.3 Å². The van der Waals surface area contributed by atoms with Gasteiger partial charge in [0.1, 0.15) is 11.8 Å². The summed E-state index contributed by atoms with van der Waals surface area (Å²) < 4.78 is 39.1. The zero-order valence-corrected chi connectivity index (χ0v) is 12.8. The van der Waals surface area contributed by atoms with E-state index in [1.165, 1.54) is 0 Å². The molecular weight excluding hydrogens is 358 g/mol. The van der Waals surface area contributed by atoms with Gasteiger partial charge in [0, 0.05) is 13.1 Å². The number of hydrogen-bond acceptors (Lipinski definition) is 3. The summed E-state index contributed by atoms with van der Waals surface area (Å²) in [5.41, 5.74) is -4.19. The van der Waals surface area contributed by atoms with Gasteiger partial charge in [0.25, 0.3) is 5.56 Å². The molecule has 1 aromatic heterocycles. The van der Waals surface area contributed by atoms with E-state index in [4.69, 9.17) is 28.5 Å². The largest absolute Gasteiger partial charge is 0.431 e. The van der Waals surface area contributed by atoms with Crippen LogP contribution >= 0.6 is 23.2 Å². The number of hydrogen-bond donors (Lipinski definition) is 0. The first-order valence-corrected chi connectivity index (χ1v) is 6.63. The van der Waals surface area contributed by atoms with Gasteiger partial charge in [-0.15, -0.1) is 0 Å². The smallest absolute Gasteiger partial charge is 0.292 e. The fraction of sp³-hybridized carbons (Fsp3) is 0.154. The molecule has 10 heteroatoms. The average molecular weight is 364 g/mol. The monoisotopic (exact) mass is 363 g/mol. The molecule has 0 aliphatic heterocycles. The van der Waals surface area contributed by atoms with Crippen LogP contribution in [0.2, 0.25) is 10.0 Å². The molecular formula is C13H6Cl2F3N3O2. The first-order valence-electron chi connectivity index (χ1n) is 5.87. The van der Waals surface area contributed by atoms with Crippen LogP contribution in [0.5, 0.6) is 0 Å². The molecule has 0 N–H and O–H groups in total. The van der Waals surface area contributed by atoms with Crippen molar-refractivity contribution in [3.05, 3.63) is 60.3 Å². The molecule has 0 radical (unpaired) electrons. The Balaban J connectivity index is 2.88. The Bertz CT molecular complexity index is 955. The molecule has 0 aliphatic rings. The summed E-state index contributed by atoms with van der Waals surface area (Å²) in [5, 5.41) is 8.75. The Kier molecular flexibility index (Phi) is 4.28. The van der Waals surface area contributed by atoms with E-state index in [0.717, 1.165) is 19.2 Å². The van der Waals surface area contributed by atoms with Crippen LogP contribution < -0.4 is 11.2 Å². The van der Waals surface area contributed by atoms with E-state index < -0.39 is 23.1 Å². The summed E-state index contributed by atoms with van der Waals surface area (Å²) in [5.74, 6) is 0. The maximum Gasteiger partial charge on any atom is 0.431 e. The molecule has 0 saturated heterocycles. The molecule has 2 rings (SSSR count). The zero-order chi connectivity index (χ0) is 17.5. The summed E-state index contributed by atoms with van der Waals surface area (Å²) >= 11 is 11.7. The van der Waals surface area contributed by atoms with Crippen molar-refractivity contribution in [2.24, 2.45) is 7.05 Å². The van der Waals surface area contributed by atoms with E-state index in [1.807, 2.05) is 0 Å². The summed E-state index contributed by atoms with van der Waals surface area (Å²) in [6.45, 7) is 0. The van der Waals surface area contributed by atoms with Crippen molar-refractivity contribution >= 4 is 23.2 Å². The topological polar surface area (TPSA) is 67.8 Å². The van der Waals surface area contributed by atoms with Crippen LogP contribution in [0.4, 0.5) is 13.2 Å². The number of alkyl halides is 3. The number of halogens is 5. The highest BCUT2D eigenvalue weighted by Crippen LogP contribution is 2.28.